The van der Waals surface area contributed by atoms with Crippen LogP contribution in [0.5, 0.6) is 17.2 Å². The van der Waals surface area contributed by atoms with Crippen molar-refractivity contribution >= 4 is 11.4 Å². The molecule has 0 aliphatic heterocycles. The molecular weight excluding hydrogens is 671 g/mol. The lowest BCUT2D eigenvalue weighted by atomic mass is 9.93. The Hall–Kier alpha value is -2.96. The predicted molar refractivity (Wildman–Crippen MR) is 228 cm³/mol. The van der Waals surface area contributed by atoms with Crippen LogP contribution < -0.4 is 14.2 Å². The third-order valence-electron chi connectivity index (χ3n) is 10.6. The standard InChI is InChI=1S/C47H79N3O4/c1-8-11-14-17-20-23-26-29-32-52-40-35-39(44-45(38(4)51)50-43(48-44)37-42(49-50)47(5,6)7)36-41(53-33-30-27-24-21-18-15-12-9-2)46(40)54-34-31-28-25-22-19-16-13-10-3/h35-37,49H,8-34H2,1-7H3. The van der Waals surface area contributed by atoms with E-state index >= 15 is 0 Å². The summed E-state index contributed by atoms with van der Waals surface area (Å²) >= 11 is 0. The fourth-order valence-electron chi connectivity index (χ4n) is 7.16. The van der Waals surface area contributed by atoms with E-state index in [-0.39, 0.29) is 11.2 Å². The summed E-state index contributed by atoms with van der Waals surface area (Å²) in [5.41, 5.74) is 3.65. The van der Waals surface area contributed by atoms with Gasteiger partial charge in [0.15, 0.2) is 22.9 Å². The molecule has 0 bridgehead atoms. The number of Topliss-reactive ketones (excluding diaryl/α,β-unsaturated/α-hetero) is 1. The molecule has 0 aliphatic carbocycles. The van der Waals surface area contributed by atoms with Gasteiger partial charge in [-0.25, -0.2) is 9.50 Å². The van der Waals surface area contributed by atoms with Crippen molar-refractivity contribution in [3.05, 3.63) is 29.6 Å². The second kappa shape index (κ2) is 26.0. The van der Waals surface area contributed by atoms with Crippen molar-refractivity contribution in [3.63, 3.8) is 0 Å². The second-order valence-electron chi connectivity index (χ2n) is 16.8. The van der Waals surface area contributed by atoms with E-state index in [1.165, 1.54) is 116 Å². The summed E-state index contributed by atoms with van der Waals surface area (Å²) < 4.78 is 21.6. The zero-order valence-corrected chi connectivity index (χ0v) is 35.9. The first-order valence-corrected chi connectivity index (χ1v) is 22.4. The zero-order valence-electron chi connectivity index (χ0n) is 35.9. The number of hydrogen-bond donors (Lipinski definition) is 1. The Morgan fingerprint density at radius 3 is 1.37 bits per heavy atom. The number of imidazole rings is 1. The van der Waals surface area contributed by atoms with Crippen molar-refractivity contribution in [1.29, 1.82) is 0 Å². The molecule has 7 nitrogen and oxygen atoms in total. The van der Waals surface area contributed by atoms with E-state index in [0.29, 0.717) is 48.5 Å². The van der Waals surface area contributed by atoms with Crippen LogP contribution in [0.3, 0.4) is 0 Å². The molecule has 0 aliphatic rings. The number of carbonyl (C=O) groups is 1. The minimum Gasteiger partial charge on any atom is -0.490 e. The molecule has 0 radical (unpaired) electrons. The van der Waals surface area contributed by atoms with Gasteiger partial charge in [0.1, 0.15) is 11.4 Å². The van der Waals surface area contributed by atoms with Gasteiger partial charge in [-0.2, -0.15) is 0 Å². The Bertz CT molecular complexity index is 1410. The van der Waals surface area contributed by atoms with Crippen LogP contribution in [0.15, 0.2) is 18.2 Å². The summed E-state index contributed by atoms with van der Waals surface area (Å²) in [6, 6.07) is 6.10. The Morgan fingerprint density at radius 2 is 0.981 bits per heavy atom. The van der Waals surface area contributed by atoms with Crippen LogP contribution in [0, 0.1) is 0 Å². The summed E-state index contributed by atoms with van der Waals surface area (Å²) in [5.74, 6) is 2.01. The summed E-state index contributed by atoms with van der Waals surface area (Å²) in [7, 11) is 0. The van der Waals surface area contributed by atoms with Crippen molar-refractivity contribution in [3.8, 4) is 28.5 Å². The van der Waals surface area contributed by atoms with Crippen LogP contribution in [0.25, 0.3) is 16.9 Å². The van der Waals surface area contributed by atoms with E-state index in [0.717, 1.165) is 55.4 Å². The van der Waals surface area contributed by atoms with Crippen molar-refractivity contribution in [2.24, 2.45) is 0 Å². The number of hydrogen-bond acceptors (Lipinski definition) is 5. The number of ether oxygens (including phenoxy) is 3. The predicted octanol–water partition coefficient (Wildman–Crippen LogP) is 14.4. The smallest absolute Gasteiger partial charge is 0.203 e. The van der Waals surface area contributed by atoms with Crippen LogP contribution >= 0.6 is 0 Å². The largest absolute Gasteiger partial charge is 0.490 e. The monoisotopic (exact) mass is 750 g/mol. The van der Waals surface area contributed by atoms with Crippen molar-refractivity contribution in [1.82, 2.24) is 14.6 Å². The average molecular weight is 750 g/mol. The summed E-state index contributed by atoms with van der Waals surface area (Å²) in [5, 5.41) is 3.46. The number of ketones is 1. The molecule has 1 aromatic carbocycles. The number of benzene rings is 1. The molecule has 2 aromatic heterocycles. The number of unbranched alkanes of at least 4 members (excludes halogenated alkanes) is 21. The Balaban J connectivity index is 1.86. The van der Waals surface area contributed by atoms with Crippen LogP contribution in [0.2, 0.25) is 0 Å². The third kappa shape index (κ3) is 16.0. The van der Waals surface area contributed by atoms with Gasteiger partial charge < -0.3 is 14.2 Å². The topological polar surface area (TPSA) is 77.8 Å². The normalized spacial score (nSPS) is 11.8. The van der Waals surface area contributed by atoms with E-state index in [2.05, 4.69) is 52.7 Å². The van der Waals surface area contributed by atoms with Gasteiger partial charge in [0.05, 0.1) is 19.8 Å². The number of nitrogens with one attached hydrogen (secondary N) is 1. The van der Waals surface area contributed by atoms with Crippen molar-refractivity contribution in [2.45, 2.75) is 208 Å². The first kappa shape index (κ1) is 45.4. The molecule has 0 fully saturated rings. The average Bonchev–Trinajstić information content (AvgIpc) is 3.72. The number of aromatic nitrogens is 3. The number of H-pyrrole nitrogens is 1. The van der Waals surface area contributed by atoms with Gasteiger partial charge in [-0.15, -0.1) is 0 Å². The highest BCUT2D eigenvalue weighted by atomic mass is 16.5. The van der Waals surface area contributed by atoms with Gasteiger partial charge in [-0.05, 0) is 31.4 Å². The van der Waals surface area contributed by atoms with Gasteiger partial charge >= 0.3 is 0 Å². The minimum absolute atomic E-state index is 0.0439. The quantitative estimate of drug-likeness (QED) is 0.0508. The van der Waals surface area contributed by atoms with Gasteiger partial charge in [-0.3, -0.25) is 9.89 Å². The van der Waals surface area contributed by atoms with E-state index in [4.69, 9.17) is 19.2 Å². The fourth-order valence-corrected chi connectivity index (χ4v) is 7.16. The lowest BCUT2D eigenvalue weighted by Gasteiger charge is -2.19. The summed E-state index contributed by atoms with van der Waals surface area (Å²) in [4.78, 5) is 18.3. The van der Waals surface area contributed by atoms with Crippen LogP contribution in [0.1, 0.15) is 219 Å². The lowest BCUT2D eigenvalue weighted by molar-refractivity contribution is 0.101. The summed E-state index contributed by atoms with van der Waals surface area (Å²) in [6.45, 7) is 16.7. The van der Waals surface area contributed by atoms with Crippen molar-refractivity contribution < 1.29 is 19.0 Å². The molecule has 1 N–H and O–H groups in total. The highest BCUT2D eigenvalue weighted by molar-refractivity contribution is 5.99. The first-order chi connectivity index (χ1) is 26.2. The number of carbonyl (C=O) groups excluding carboxylic acids is 1. The molecule has 7 heteroatoms. The fraction of sp³-hybridized carbons (Fsp3) is 0.745. The Morgan fingerprint density at radius 1 is 0.593 bits per heavy atom. The maximum absolute atomic E-state index is 13.3. The minimum atomic E-state index is -0.101. The molecule has 0 spiro atoms. The number of rotatable bonds is 32. The number of aromatic amines is 1. The Kier molecular flexibility index (Phi) is 21.9. The van der Waals surface area contributed by atoms with Gasteiger partial charge in [0, 0.05) is 29.7 Å². The SMILES string of the molecule is CCCCCCCCCCOc1cc(-c2nc3cc(C(C)(C)C)[nH]n3c2C(C)=O)cc(OCCCCCCCCCC)c1OCCCCCCCCCC. The second-order valence-corrected chi connectivity index (χ2v) is 16.8. The molecule has 306 valence electrons. The van der Waals surface area contributed by atoms with E-state index < -0.39 is 0 Å². The molecule has 3 aromatic rings. The van der Waals surface area contributed by atoms with Gasteiger partial charge in [0.2, 0.25) is 5.75 Å². The Labute approximate surface area is 330 Å². The molecule has 0 amide bonds. The maximum Gasteiger partial charge on any atom is 0.203 e. The van der Waals surface area contributed by atoms with E-state index in [1.54, 1.807) is 6.92 Å². The van der Waals surface area contributed by atoms with E-state index in [1.807, 2.05) is 16.6 Å². The lowest BCUT2D eigenvalue weighted by Crippen LogP contribution is -2.13. The molecule has 0 atom stereocenters. The maximum atomic E-state index is 13.3. The number of nitrogens with zero attached hydrogens (tertiary/aromatic N) is 2. The van der Waals surface area contributed by atoms with Crippen LogP contribution in [-0.4, -0.2) is 40.2 Å². The molecule has 0 unspecified atom stereocenters. The molecule has 0 saturated heterocycles. The molecule has 54 heavy (non-hydrogen) atoms. The molecule has 3 rings (SSSR count). The zero-order chi connectivity index (χ0) is 39.0. The molecule has 0 saturated carbocycles. The molecule has 2 heterocycles. The first-order valence-electron chi connectivity index (χ1n) is 22.4. The van der Waals surface area contributed by atoms with Crippen LogP contribution in [-0.2, 0) is 5.41 Å². The molecular formula is C47H79N3O4. The number of fused-ring (bicyclic) bond motifs is 1. The highest BCUT2D eigenvalue weighted by Crippen LogP contribution is 2.43. The van der Waals surface area contributed by atoms with Crippen LogP contribution in [0.4, 0.5) is 0 Å². The third-order valence-corrected chi connectivity index (χ3v) is 10.6. The van der Waals surface area contributed by atoms with Crippen molar-refractivity contribution in [2.75, 3.05) is 19.8 Å². The summed E-state index contributed by atoms with van der Waals surface area (Å²) in [6.07, 6.45) is 29.9. The highest BCUT2D eigenvalue weighted by Gasteiger charge is 2.26. The van der Waals surface area contributed by atoms with Gasteiger partial charge in [-0.1, -0.05) is 176 Å². The van der Waals surface area contributed by atoms with Gasteiger partial charge in [0.25, 0.3) is 0 Å². The van der Waals surface area contributed by atoms with E-state index in [9.17, 15) is 4.79 Å².